The van der Waals surface area contributed by atoms with Gasteiger partial charge in [-0.1, -0.05) is 16.4 Å². The average molecular weight is 398 g/mol. The van der Waals surface area contributed by atoms with E-state index in [0.717, 1.165) is 5.56 Å². The van der Waals surface area contributed by atoms with Crippen LogP contribution in [-0.2, 0) is 0 Å². The van der Waals surface area contributed by atoms with Crippen molar-refractivity contribution in [3.05, 3.63) is 59.8 Å². The third kappa shape index (κ3) is 5.34. The third-order valence-corrected chi connectivity index (χ3v) is 4.24. The van der Waals surface area contributed by atoms with E-state index in [4.69, 9.17) is 9.05 Å². The number of amides is 4. The standard InChI is InChI=1S/C19H22N6O4/c1-11-4-5-14(22-18(26)20-12(2)15-6-8-28-24-15)10-17(11)23-19(27)21-13(3)16-7-9-29-25-16/h4-10,12-13H,1-3H3,(H2,20,22,26)(H2,21,23,27). The smallest absolute Gasteiger partial charge is 0.319 e. The first-order chi connectivity index (χ1) is 13.9. The minimum absolute atomic E-state index is 0.319. The molecule has 10 heteroatoms. The zero-order valence-corrected chi connectivity index (χ0v) is 16.2. The van der Waals surface area contributed by atoms with Crippen LogP contribution in [0.4, 0.5) is 21.0 Å². The normalized spacial score (nSPS) is 12.7. The van der Waals surface area contributed by atoms with E-state index >= 15 is 0 Å². The van der Waals surface area contributed by atoms with Gasteiger partial charge in [-0.3, -0.25) is 0 Å². The Hall–Kier alpha value is -3.82. The van der Waals surface area contributed by atoms with Gasteiger partial charge in [-0.05, 0) is 38.5 Å². The van der Waals surface area contributed by atoms with Crippen LogP contribution < -0.4 is 21.3 Å². The summed E-state index contributed by atoms with van der Waals surface area (Å²) in [4.78, 5) is 24.5. The predicted octanol–water partition coefficient (Wildman–Crippen LogP) is 3.74. The SMILES string of the molecule is Cc1ccc(NC(=O)NC(C)c2ccon2)cc1NC(=O)NC(C)c1ccon1. The Morgan fingerprint density at radius 2 is 1.41 bits per heavy atom. The summed E-state index contributed by atoms with van der Waals surface area (Å²) in [7, 11) is 0. The monoisotopic (exact) mass is 398 g/mol. The lowest BCUT2D eigenvalue weighted by Crippen LogP contribution is -2.32. The van der Waals surface area contributed by atoms with Gasteiger partial charge in [0.25, 0.3) is 0 Å². The number of urea groups is 2. The van der Waals surface area contributed by atoms with E-state index in [1.165, 1.54) is 12.5 Å². The van der Waals surface area contributed by atoms with Crippen molar-refractivity contribution in [1.82, 2.24) is 20.9 Å². The van der Waals surface area contributed by atoms with E-state index in [2.05, 4.69) is 31.6 Å². The summed E-state index contributed by atoms with van der Waals surface area (Å²) in [6, 6.07) is 7.14. The molecule has 0 fully saturated rings. The third-order valence-electron chi connectivity index (χ3n) is 4.24. The fraction of sp³-hybridized carbons (Fsp3) is 0.263. The van der Waals surface area contributed by atoms with Crippen LogP contribution in [0.15, 0.2) is 51.9 Å². The van der Waals surface area contributed by atoms with Gasteiger partial charge in [-0.15, -0.1) is 0 Å². The van der Waals surface area contributed by atoms with E-state index < -0.39 is 12.1 Å². The van der Waals surface area contributed by atoms with Gasteiger partial charge < -0.3 is 30.3 Å². The molecule has 1 aromatic carbocycles. The van der Waals surface area contributed by atoms with E-state index in [-0.39, 0.29) is 12.1 Å². The Balaban J connectivity index is 1.58. The number of aromatic nitrogens is 2. The molecular weight excluding hydrogens is 376 g/mol. The van der Waals surface area contributed by atoms with Crippen LogP contribution in [-0.4, -0.2) is 22.4 Å². The number of carbonyl (C=O) groups is 2. The molecule has 29 heavy (non-hydrogen) atoms. The number of benzene rings is 1. The molecule has 2 aromatic heterocycles. The highest BCUT2D eigenvalue weighted by molar-refractivity contribution is 5.93. The van der Waals surface area contributed by atoms with Gasteiger partial charge in [0.05, 0.1) is 12.1 Å². The van der Waals surface area contributed by atoms with Crippen LogP contribution in [0.1, 0.15) is 42.9 Å². The van der Waals surface area contributed by atoms with Gasteiger partial charge in [0.15, 0.2) is 0 Å². The fourth-order valence-corrected chi connectivity index (χ4v) is 2.59. The second-order valence-corrected chi connectivity index (χ2v) is 6.52. The number of aryl methyl sites for hydroxylation is 1. The van der Waals surface area contributed by atoms with Crippen LogP contribution in [0.5, 0.6) is 0 Å². The molecule has 0 saturated heterocycles. The van der Waals surface area contributed by atoms with Crippen molar-refractivity contribution in [2.75, 3.05) is 10.6 Å². The fourth-order valence-electron chi connectivity index (χ4n) is 2.59. The van der Waals surface area contributed by atoms with Crippen LogP contribution in [0.3, 0.4) is 0 Å². The molecule has 2 heterocycles. The molecule has 2 atom stereocenters. The summed E-state index contributed by atoms with van der Waals surface area (Å²) in [5.41, 5.74) is 3.17. The maximum absolute atomic E-state index is 12.3. The molecular formula is C19H22N6O4. The minimum Gasteiger partial charge on any atom is -0.364 e. The Kier molecular flexibility index (Phi) is 6.12. The van der Waals surface area contributed by atoms with Crippen molar-refractivity contribution >= 4 is 23.4 Å². The molecule has 3 rings (SSSR count). The first kappa shape index (κ1) is 19.9. The Morgan fingerprint density at radius 3 is 1.93 bits per heavy atom. The van der Waals surface area contributed by atoms with Crippen LogP contribution in [0.25, 0.3) is 0 Å². The lowest BCUT2D eigenvalue weighted by Gasteiger charge is -2.16. The largest absolute Gasteiger partial charge is 0.364 e. The maximum Gasteiger partial charge on any atom is 0.319 e. The van der Waals surface area contributed by atoms with E-state index in [1.807, 2.05) is 6.92 Å². The van der Waals surface area contributed by atoms with Crippen molar-refractivity contribution in [2.24, 2.45) is 0 Å². The second kappa shape index (κ2) is 8.91. The zero-order valence-electron chi connectivity index (χ0n) is 16.2. The summed E-state index contributed by atoms with van der Waals surface area (Å²) in [6.45, 7) is 5.44. The highest BCUT2D eigenvalue weighted by Gasteiger charge is 2.15. The van der Waals surface area contributed by atoms with Crippen LogP contribution in [0.2, 0.25) is 0 Å². The zero-order chi connectivity index (χ0) is 20.8. The van der Waals surface area contributed by atoms with E-state index in [9.17, 15) is 9.59 Å². The van der Waals surface area contributed by atoms with Crippen molar-refractivity contribution in [3.63, 3.8) is 0 Å². The summed E-state index contributed by atoms with van der Waals surface area (Å²) in [5.74, 6) is 0. The van der Waals surface area contributed by atoms with Crippen molar-refractivity contribution < 1.29 is 18.6 Å². The summed E-state index contributed by atoms with van der Waals surface area (Å²) >= 11 is 0. The number of nitrogens with one attached hydrogen (secondary N) is 4. The van der Waals surface area contributed by atoms with Gasteiger partial charge in [0, 0.05) is 23.5 Å². The lowest BCUT2D eigenvalue weighted by atomic mass is 10.2. The predicted molar refractivity (Wildman–Crippen MR) is 105 cm³/mol. The lowest BCUT2D eigenvalue weighted by molar-refractivity contribution is 0.248. The molecule has 0 saturated carbocycles. The number of carbonyl (C=O) groups excluding carboxylic acids is 2. The molecule has 4 amide bonds. The molecule has 0 aliphatic carbocycles. The Bertz CT molecular complexity index is 955. The highest BCUT2D eigenvalue weighted by atomic mass is 16.5. The van der Waals surface area contributed by atoms with Gasteiger partial charge in [-0.25, -0.2) is 9.59 Å². The molecule has 4 N–H and O–H groups in total. The molecule has 0 radical (unpaired) electrons. The number of hydrogen-bond donors (Lipinski definition) is 4. The highest BCUT2D eigenvalue weighted by Crippen LogP contribution is 2.21. The van der Waals surface area contributed by atoms with Crippen LogP contribution >= 0.6 is 0 Å². The number of rotatable bonds is 6. The number of nitrogens with zero attached hydrogens (tertiary/aromatic N) is 2. The van der Waals surface area contributed by atoms with E-state index in [1.54, 1.807) is 44.2 Å². The van der Waals surface area contributed by atoms with Gasteiger partial charge >= 0.3 is 12.1 Å². The number of hydrogen-bond acceptors (Lipinski definition) is 6. The summed E-state index contributed by atoms with van der Waals surface area (Å²) in [5, 5.41) is 18.6. The van der Waals surface area contributed by atoms with E-state index in [0.29, 0.717) is 22.8 Å². The topological polar surface area (TPSA) is 134 Å². The first-order valence-corrected chi connectivity index (χ1v) is 8.98. The Morgan fingerprint density at radius 1 is 0.862 bits per heavy atom. The average Bonchev–Trinajstić information content (AvgIpc) is 3.38. The molecule has 0 aliphatic heterocycles. The molecule has 2 unspecified atom stereocenters. The molecule has 0 aliphatic rings. The molecule has 152 valence electrons. The molecule has 0 bridgehead atoms. The van der Waals surface area contributed by atoms with Crippen molar-refractivity contribution in [1.29, 1.82) is 0 Å². The summed E-state index contributed by atoms with van der Waals surface area (Å²) in [6.07, 6.45) is 2.89. The molecule has 10 nitrogen and oxygen atoms in total. The maximum atomic E-state index is 12.3. The molecule has 3 aromatic rings. The second-order valence-electron chi connectivity index (χ2n) is 6.52. The minimum atomic E-state index is -0.403. The van der Waals surface area contributed by atoms with Gasteiger partial charge in [0.1, 0.15) is 23.9 Å². The summed E-state index contributed by atoms with van der Waals surface area (Å²) < 4.78 is 9.56. The quantitative estimate of drug-likeness (QED) is 0.500. The number of anilines is 2. The van der Waals surface area contributed by atoms with Gasteiger partial charge in [-0.2, -0.15) is 0 Å². The Labute approximate surface area is 167 Å². The van der Waals surface area contributed by atoms with Crippen LogP contribution in [0, 0.1) is 6.92 Å². The first-order valence-electron chi connectivity index (χ1n) is 8.98. The van der Waals surface area contributed by atoms with Crippen molar-refractivity contribution in [2.45, 2.75) is 32.9 Å². The van der Waals surface area contributed by atoms with Gasteiger partial charge in [0.2, 0.25) is 0 Å². The van der Waals surface area contributed by atoms with Crippen molar-refractivity contribution in [3.8, 4) is 0 Å². The molecule has 0 spiro atoms.